The molecule has 0 aliphatic heterocycles. The molecule has 0 atom stereocenters. The standard InChI is InChI=1S/C48H39N/c1-47(2)41-24-11-8-20-36(41)40-31-33(28-29-43(40)47)32-16-14-19-35(30-32)49(34-17-6-5-7-18-34)45-27-13-10-21-37(45)38-23-15-26-44-46(38)39-22-9-12-25-42(39)48(44,3)4/h5-31H,1-4H3. The number of hydrogen-bond donors (Lipinski definition) is 0. The molecular weight excluding hydrogens is 591 g/mol. The van der Waals surface area contributed by atoms with Gasteiger partial charge >= 0.3 is 0 Å². The molecule has 236 valence electrons. The third kappa shape index (κ3) is 4.46. The van der Waals surface area contributed by atoms with Gasteiger partial charge in [-0.15, -0.1) is 0 Å². The Hall–Kier alpha value is -5.66. The van der Waals surface area contributed by atoms with E-state index in [9.17, 15) is 0 Å². The monoisotopic (exact) mass is 629 g/mol. The normalized spacial score (nSPS) is 14.4. The van der Waals surface area contributed by atoms with Crippen molar-refractivity contribution in [2.45, 2.75) is 38.5 Å². The number of hydrogen-bond acceptors (Lipinski definition) is 1. The Labute approximate surface area is 290 Å². The van der Waals surface area contributed by atoms with Crippen LogP contribution in [0, 0.1) is 0 Å². The first-order valence-corrected chi connectivity index (χ1v) is 17.4. The average molecular weight is 630 g/mol. The summed E-state index contributed by atoms with van der Waals surface area (Å²) >= 11 is 0. The highest BCUT2D eigenvalue weighted by Crippen LogP contribution is 2.54. The lowest BCUT2D eigenvalue weighted by Gasteiger charge is -2.29. The lowest BCUT2D eigenvalue weighted by Crippen LogP contribution is -2.15. The smallest absolute Gasteiger partial charge is 0.0540 e. The van der Waals surface area contributed by atoms with Gasteiger partial charge in [0.15, 0.2) is 0 Å². The zero-order valence-electron chi connectivity index (χ0n) is 28.5. The molecule has 1 heteroatoms. The summed E-state index contributed by atoms with van der Waals surface area (Å²) in [5, 5.41) is 0. The summed E-state index contributed by atoms with van der Waals surface area (Å²) in [6, 6.07) is 60.5. The quantitative estimate of drug-likeness (QED) is 0.183. The summed E-state index contributed by atoms with van der Waals surface area (Å²) in [4.78, 5) is 2.43. The Balaban J connectivity index is 1.21. The first kappa shape index (κ1) is 29.5. The van der Waals surface area contributed by atoms with Gasteiger partial charge in [0.1, 0.15) is 0 Å². The van der Waals surface area contributed by atoms with Crippen molar-refractivity contribution in [3.63, 3.8) is 0 Å². The Bertz CT molecular complexity index is 2390. The van der Waals surface area contributed by atoms with Crippen molar-refractivity contribution in [2.75, 3.05) is 4.90 Å². The van der Waals surface area contributed by atoms with Crippen LogP contribution in [0.3, 0.4) is 0 Å². The fourth-order valence-electron chi connectivity index (χ4n) is 8.60. The summed E-state index contributed by atoms with van der Waals surface area (Å²) in [6.07, 6.45) is 0. The molecule has 0 fully saturated rings. The SMILES string of the molecule is CC1(C)c2ccccc2-c2cc(-c3cccc(N(c4ccccc4)c4ccccc4-c4cccc5c4-c4ccccc4C5(C)C)c3)ccc21. The van der Waals surface area contributed by atoms with Gasteiger partial charge in [0, 0.05) is 27.8 Å². The molecule has 0 saturated heterocycles. The third-order valence-electron chi connectivity index (χ3n) is 11.1. The Morgan fingerprint density at radius 1 is 0.347 bits per heavy atom. The van der Waals surface area contributed by atoms with Gasteiger partial charge in [-0.25, -0.2) is 0 Å². The molecule has 0 heterocycles. The van der Waals surface area contributed by atoms with Gasteiger partial charge in [-0.1, -0.05) is 155 Å². The molecule has 0 unspecified atom stereocenters. The minimum Gasteiger partial charge on any atom is -0.310 e. The summed E-state index contributed by atoms with van der Waals surface area (Å²) in [7, 11) is 0. The van der Waals surface area contributed by atoms with Crippen molar-refractivity contribution in [1.29, 1.82) is 0 Å². The second kappa shape index (κ2) is 10.9. The van der Waals surface area contributed by atoms with E-state index in [4.69, 9.17) is 0 Å². The molecule has 7 aromatic carbocycles. The molecule has 7 aromatic rings. The van der Waals surface area contributed by atoms with E-state index in [1.165, 1.54) is 66.8 Å². The summed E-state index contributed by atoms with van der Waals surface area (Å²) < 4.78 is 0. The summed E-state index contributed by atoms with van der Waals surface area (Å²) in [5.74, 6) is 0. The van der Waals surface area contributed by atoms with Gasteiger partial charge in [-0.2, -0.15) is 0 Å². The molecule has 0 amide bonds. The maximum absolute atomic E-state index is 2.43. The predicted molar refractivity (Wildman–Crippen MR) is 207 cm³/mol. The molecule has 49 heavy (non-hydrogen) atoms. The van der Waals surface area contributed by atoms with Crippen molar-refractivity contribution in [3.8, 4) is 44.5 Å². The number of rotatable bonds is 5. The number of para-hydroxylation sites is 2. The van der Waals surface area contributed by atoms with Crippen molar-refractivity contribution >= 4 is 17.1 Å². The topological polar surface area (TPSA) is 3.24 Å². The van der Waals surface area contributed by atoms with Crippen LogP contribution < -0.4 is 4.90 Å². The zero-order valence-corrected chi connectivity index (χ0v) is 28.5. The van der Waals surface area contributed by atoms with Crippen molar-refractivity contribution < 1.29 is 0 Å². The van der Waals surface area contributed by atoms with Gasteiger partial charge in [-0.3, -0.25) is 0 Å². The molecule has 9 rings (SSSR count). The minimum atomic E-state index is -0.0596. The van der Waals surface area contributed by atoms with Crippen molar-refractivity contribution in [1.82, 2.24) is 0 Å². The largest absolute Gasteiger partial charge is 0.310 e. The molecule has 2 aliphatic carbocycles. The second-order valence-electron chi connectivity index (χ2n) is 14.6. The van der Waals surface area contributed by atoms with Gasteiger partial charge < -0.3 is 4.90 Å². The van der Waals surface area contributed by atoms with Crippen LogP contribution in [0.2, 0.25) is 0 Å². The van der Waals surface area contributed by atoms with E-state index in [2.05, 4.69) is 196 Å². The van der Waals surface area contributed by atoms with E-state index in [1.54, 1.807) is 0 Å². The van der Waals surface area contributed by atoms with E-state index < -0.39 is 0 Å². The molecule has 0 saturated carbocycles. The van der Waals surface area contributed by atoms with Crippen LogP contribution in [0.1, 0.15) is 49.9 Å². The minimum absolute atomic E-state index is 0.00648. The lowest BCUT2D eigenvalue weighted by molar-refractivity contribution is 0.660. The number of benzene rings is 7. The molecule has 0 aromatic heterocycles. The predicted octanol–water partition coefficient (Wildman–Crippen LogP) is 13.1. The van der Waals surface area contributed by atoms with Crippen LogP contribution in [0.5, 0.6) is 0 Å². The molecule has 2 aliphatic rings. The van der Waals surface area contributed by atoms with E-state index in [0.717, 1.165) is 17.1 Å². The highest BCUT2D eigenvalue weighted by molar-refractivity contribution is 5.98. The summed E-state index contributed by atoms with van der Waals surface area (Å²) in [5.41, 5.74) is 19.2. The van der Waals surface area contributed by atoms with Crippen LogP contribution in [0.4, 0.5) is 17.1 Å². The van der Waals surface area contributed by atoms with Gasteiger partial charge in [0.25, 0.3) is 0 Å². The van der Waals surface area contributed by atoms with Crippen LogP contribution in [-0.4, -0.2) is 0 Å². The Morgan fingerprint density at radius 3 is 1.67 bits per heavy atom. The van der Waals surface area contributed by atoms with Gasteiger partial charge in [0.05, 0.1) is 5.69 Å². The number of nitrogens with zero attached hydrogens (tertiary/aromatic N) is 1. The van der Waals surface area contributed by atoms with Crippen LogP contribution in [0.25, 0.3) is 44.5 Å². The fraction of sp³-hybridized carbons (Fsp3) is 0.125. The molecule has 0 N–H and O–H groups in total. The van der Waals surface area contributed by atoms with Crippen molar-refractivity contribution in [3.05, 3.63) is 186 Å². The zero-order chi connectivity index (χ0) is 33.3. The van der Waals surface area contributed by atoms with Crippen molar-refractivity contribution in [2.24, 2.45) is 0 Å². The molecule has 0 bridgehead atoms. The van der Waals surface area contributed by atoms with Crippen LogP contribution in [0.15, 0.2) is 164 Å². The number of anilines is 3. The van der Waals surface area contributed by atoms with E-state index in [0.29, 0.717) is 0 Å². The highest BCUT2D eigenvalue weighted by Gasteiger charge is 2.37. The van der Waals surface area contributed by atoms with E-state index >= 15 is 0 Å². The molecule has 0 radical (unpaired) electrons. The lowest BCUT2D eigenvalue weighted by atomic mass is 9.82. The molecule has 1 nitrogen and oxygen atoms in total. The summed E-state index contributed by atoms with van der Waals surface area (Å²) in [6.45, 7) is 9.39. The molecular formula is C48H39N. The van der Waals surface area contributed by atoms with Crippen LogP contribution >= 0.6 is 0 Å². The highest BCUT2D eigenvalue weighted by atomic mass is 15.1. The first-order chi connectivity index (χ1) is 23.8. The van der Waals surface area contributed by atoms with E-state index in [1.807, 2.05) is 0 Å². The van der Waals surface area contributed by atoms with Gasteiger partial charge in [0.2, 0.25) is 0 Å². The van der Waals surface area contributed by atoms with E-state index in [-0.39, 0.29) is 10.8 Å². The Morgan fingerprint density at radius 2 is 0.878 bits per heavy atom. The fourth-order valence-corrected chi connectivity index (χ4v) is 8.60. The van der Waals surface area contributed by atoms with Gasteiger partial charge in [-0.05, 0) is 97.6 Å². The first-order valence-electron chi connectivity index (χ1n) is 17.4. The maximum atomic E-state index is 2.43. The number of fused-ring (bicyclic) bond motifs is 6. The van der Waals surface area contributed by atoms with Crippen LogP contribution in [-0.2, 0) is 10.8 Å². The average Bonchev–Trinajstić information content (AvgIpc) is 3.52. The second-order valence-corrected chi connectivity index (χ2v) is 14.6. The third-order valence-corrected chi connectivity index (χ3v) is 11.1. The Kier molecular flexibility index (Phi) is 6.58. The maximum Gasteiger partial charge on any atom is 0.0540 e. The molecule has 0 spiro atoms.